The second kappa shape index (κ2) is 3.25. The van der Waals surface area contributed by atoms with Crippen molar-refractivity contribution in [2.24, 2.45) is 0 Å². The fraction of sp³-hybridized carbons (Fsp3) is 0. The predicted octanol–water partition coefficient (Wildman–Crippen LogP) is 0.487. The Morgan fingerprint density at radius 2 is 2.16 bits per heavy atom. The maximum Gasteiger partial charge on any atom is 0.343 e. The van der Waals surface area contributed by atoms with E-state index in [0.717, 1.165) is 5.39 Å². The van der Waals surface area contributed by atoms with Crippen molar-refractivity contribution in [3.63, 3.8) is 0 Å². The van der Waals surface area contributed by atoms with Crippen molar-refractivity contribution in [1.82, 2.24) is 19.6 Å². The lowest BCUT2D eigenvalue weighted by Gasteiger charge is -1.88. The number of hydrogen-bond donors (Lipinski definition) is 0. The molecule has 0 atom stereocenters. The Balaban J connectivity index is 2.29. The summed E-state index contributed by atoms with van der Waals surface area (Å²) in [5.41, 5.74) is 1.45. The van der Waals surface area contributed by atoms with Gasteiger partial charge in [0.15, 0.2) is 5.65 Å². The highest BCUT2D eigenvalue weighted by atomic mass is 16.6. The van der Waals surface area contributed by atoms with Crippen LogP contribution in [0.1, 0.15) is 0 Å². The van der Waals surface area contributed by atoms with E-state index in [1.54, 1.807) is 29.0 Å². The molecular weight excluding hydrogens is 248 g/mol. The number of rotatable bonds is 1. The molecule has 8 heteroatoms. The number of para-hydroxylation sites is 1. The summed E-state index contributed by atoms with van der Waals surface area (Å²) in [6.07, 6.45) is 4.85. The molecule has 0 unspecified atom stereocenters. The first-order valence-electron chi connectivity index (χ1n) is 5.50. The van der Waals surface area contributed by atoms with Gasteiger partial charge < -0.3 is 4.98 Å². The largest absolute Gasteiger partial charge is 0.361 e. The van der Waals surface area contributed by atoms with Crippen molar-refractivity contribution in [3.8, 4) is 0 Å². The van der Waals surface area contributed by atoms with Gasteiger partial charge in [-0.1, -0.05) is 10.7 Å². The van der Waals surface area contributed by atoms with Gasteiger partial charge in [-0.05, 0) is 12.3 Å². The fourth-order valence-corrected chi connectivity index (χ4v) is 2.21. The minimum Gasteiger partial charge on any atom is -0.361 e. The van der Waals surface area contributed by atoms with Crippen LogP contribution in [0.2, 0.25) is 0 Å². The molecule has 0 saturated heterocycles. The topological polar surface area (TPSA) is 91.5 Å². The second-order valence-corrected chi connectivity index (χ2v) is 4.04. The number of non-ortho nitro benzene ring substituents is 1. The van der Waals surface area contributed by atoms with Crippen LogP contribution in [-0.4, -0.2) is 19.4 Å². The van der Waals surface area contributed by atoms with Gasteiger partial charge in [-0.2, -0.15) is 4.52 Å². The van der Waals surface area contributed by atoms with Gasteiger partial charge in [0.2, 0.25) is 0 Å². The highest BCUT2D eigenvalue weighted by Gasteiger charge is 2.23. The number of fused-ring (bicyclic) bond motifs is 5. The number of benzene rings is 1. The Labute approximate surface area is 105 Å². The molecule has 8 nitrogen and oxygen atoms in total. The van der Waals surface area contributed by atoms with Gasteiger partial charge >= 0.3 is 11.2 Å². The standard InChI is InChI=1S/C11H6N6O2/c18-17(19)8-3-1-2-7-6-15-11-10(12-4-5-13-11)14-16(15)9(7)8/h1-6H. The second-order valence-electron chi connectivity index (χ2n) is 4.04. The molecule has 0 aliphatic rings. The molecule has 1 aromatic carbocycles. The Bertz CT molecular complexity index is 954. The summed E-state index contributed by atoms with van der Waals surface area (Å²) < 4.78 is 3.11. The van der Waals surface area contributed by atoms with Gasteiger partial charge in [0.05, 0.1) is 10.3 Å². The normalized spacial score (nSPS) is 11.6. The number of nitro benzene ring substituents is 1. The van der Waals surface area contributed by atoms with Crippen molar-refractivity contribution in [1.29, 1.82) is 0 Å². The minimum atomic E-state index is -0.421. The highest BCUT2D eigenvalue weighted by Crippen LogP contribution is 2.22. The molecule has 3 heterocycles. The van der Waals surface area contributed by atoms with E-state index in [1.165, 1.54) is 16.9 Å². The molecule has 0 amide bonds. The summed E-state index contributed by atoms with van der Waals surface area (Å²) in [6.45, 7) is 0. The molecule has 0 radical (unpaired) electrons. The molecule has 92 valence electrons. The third kappa shape index (κ3) is 1.19. The number of hydrogen-bond acceptors (Lipinski definition) is 4. The summed E-state index contributed by atoms with van der Waals surface area (Å²) in [7, 11) is 0. The van der Waals surface area contributed by atoms with E-state index >= 15 is 0 Å². The van der Waals surface area contributed by atoms with E-state index in [1.807, 2.05) is 0 Å². The van der Waals surface area contributed by atoms with Gasteiger partial charge in [0, 0.05) is 18.5 Å². The summed E-state index contributed by atoms with van der Waals surface area (Å²) in [6, 6.07) is 4.90. The fourth-order valence-electron chi connectivity index (χ4n) is 2.21. The van der Waals surface area contributed by atoms with E-state index in [0.29, 0.717) is 16.8 Å². The van der Waals surface area contributed by atoms with Gasteiger partial charge in [0.1, 0.15) is 5.65 Å². The third-order valence-corrected chi connectivity index (χ3v) is 2.97. The van der Waals surface area contributed by atoms with Crippen molar-refractivity contribution in [2.75, 3.05) is 0 Å². The molecule has 0 spiro atoms. The summed E-state index contributed by atoms with van der Waals surface area (Å²) in [5, 5.41) is 16.1. The molecule has 3 aromatic heterocycles. The van der Waals surface area contributed by atoms with Gasteiger partial charge in [-0.3, -0.25) is 10.1 Å². The lowest BCUT2D eigenvalue weighted by atomic mass is 10.2. The van der Waals surface area contributed by atoms with Gasteiger partial charge in [0.25, 0.3) is 0 Å². The van der Waals surface area contributed by atoms with Crippen molar-refractivity contribution in [3.05, 3.63) is 46.9 Å². The smallest absolute Gasteiger partial charge is 0.343 e. The molecule has 0 aliphatic carbocycles. The maximum atomic E-state index is 11.1. The molecule has 0 bridgehead atoms. The van der Waals surface area contributed by atoms with E-state index in [9.17, 15) is 10.1 Å². The first-order valence-corrected chi connectivity index (χ1v) is 5.50. The summed E-state index contributed by atoms with van der Waals surface area (Å²) in [5.74, 6) is 0. The Morgan fingerprint density at radius 1 is 1.32 bits per heavy atom. The molecule has 0 saturated carbocycles. The number of nitrogens with zero attached hydrogens (tertiary/aromatic N) is 6. The Morgan fingerprint density at radius 3 is 3.00 bits per heavy atom. The highest BCUT2D eigenvalue weighted by molar-refractivity contribution is 5.84. The van der Waals surface area contributed by atoms with E-state index in [-0.39, 0.29) is 5.69 Å². The van der Waals surface area contributed by atoms with Crippen LogP contribution in [-0.2, 0) is 0 Å². The van der Waals surface area contributed by atoms with Crippen molar-refractivity contribution in [2.45, 2.75) is 0 Å². The zero-order valence-electron chi connectivity index (χ0n) is 9.46. The molecular formula is C11H6N6O2. The lowest BCUT2D eigenvalue weighted by Crippen LogP contribution is -2.30. The van der Waals surface area contributed by atoms with Gasteiger partial charge in [-0.25, -0.2) is 4.98 Å². The van der Waals surface area contributed by atoms with Crippen LogP contribution in [0.4, 0.5) is 5.69 Å². The first kappa shape index (κ1) is 9.95. The molecule has 4 aromatic rings. The Kier molecular flexibility index (Phi) is 1.70. The van der Waals surface area contributed by atoms with Crippen LogP contribution < -0.4 is 9.73 Å². The molecule has 0 fully saturated rings. The van der Waals surface area contributed by atoms with Crippen molar-refractivity contribution < 1.29 is 9.55 Å². The lowest BCUT2D eigenvalue weighted by molar-refractivity contribution is -0.651. The summed E-state index contributed by atoms with van der Waals surface area (Å²) in [4.78, 5) is 18.9. The SMILES string of the molecule is O=[N+]([O-])c1cccc2cn3c4nccnc4[n-][n+]3c12. The predicted molar refractivity (Wildman–Crippen MR) is 63.6 cm³/mol. The van der Waals surface area contributed by atoms with E-state index in [4.69, 9.17) is 0 Å². The van der Waals surface area contributed by atoms with E-state index in [2.05, 4.69) is 15.1 Å². The van der Waals surface area contributed by atoms with Crippen LogP contribution >= 0.6 is 0 Å². The monoisotopic (exact) mass is 254 g/mol. The quantitative estimate of drug-likeness (QED) is 0.280. The first-order chi connectivity index (χ1) is 9.25. The average Bonchev–Trinajstić information content (AvgIpc) is 2.94. The van der Waals surface area contributed by atoms with Crippen LogP contribution in [0.15, 0.2) is 36.8 Å². The number of aromatic nitrogens is 5. The zero-order chi connectivity index (χ0) is 13.0. The third-order valence-electron chi connectivity index (χ3n) is 2.97. The maximum absolute atomic E-state index is 11.1. The van der Waals surface area contributed by atoms with Crippen LogP contribution in [0.25, 0.3) is 22.2 Å². The molecule has 19 heavy (non-hydrogen) atoms. The van der Waals surface area contributed by atoms with Crippen LogP contribution in [0.5, 0.6) is 0 Å². The summed E-state index contributed by atoms with van der Waals surface area (Å²) >= 11 is 0. The molecule has 0 aliphatic heterocycles. The Hall–Kier alpha value is -3.03. The minimum absolute atomic E-state index is 0.00723. The number of nitro groups is 1. The van der Waals surface area contributed by atoms with Crippen LogP contribution in [0.3, 0.4) is 0 Å². The molecule has 4 rings (SSSR count). The van der Waals surface area contributed by atoms with E-state index < -0.39 is 4.92 Å². The molecule has 0 N–H and O–H groups in total. The van der Waals surface area contributed by atoms with Gasteiger partial charge in [-0.15, -0.1) is 5.10 Å². The zero-order valence-corrected chi connectivity index (χ0v) is 9.46. The van der Waals surface area contributed by atoms with Crippen LogP contribution in [0, 0.1) is 10.1 Å². The average molecular weight is 254 g/mol. The van der Waals surface area contributed by atoms with Crippen molar-refractivity contribution >= 4 is 27.9 Å².